The molecule has 19 heavy (non-hydrogen) atoms. The number of aliphatic hydroxyl groups is 1. The van der Waals surface area contributed by atoms with Crippen LogP contribution in [0, 0.1) is 0 Å². The quantitative estimate of drug-likeness (QED) is 0.718. The van der Waals surface area contributed by atoms with Gasteiger partial charge in [-0.3, -0.25) is 0 Å². The van der Waals surface area contributed by atoms with E-state index in [-0.39, 0.29) is 12.1 Å². The molecule has 0 saturated carbocycles. The topological polar surface area (TPSA) is 32.3 Å². The van der Waals surface area contributed by atoms with Gasteiger partial charge in [-0.2, -0.15) is 11.8 Å². The molecule has 0 saturated heterocycles. The molecular weight excluding hydrogens is 278 g/mol. The van der Waals surface area contributed by atoms with E-state index in [1.807, 2.05) is 23.9 Å². The molecular formula is C15H24ClNOS. The fourth-order valence-electron chi connectivity index (χ4n) is 1.96. The lowest BCUT2D eigenvalue weighted by Crippen LogP contribution is -2.49. The van der Waals surface area contributed by atoms with E-state index in [4.69, 9.17) is 11.6 Å². The maximum atomic E-state index is 9.49. The first-order valence-corrected chi connectivity index (χ1v) is 8.19. The molecule has 108 valence electrons. The third-order valence-electron chi connectivity index (χ3n) is 2.97. The SMILES string of the molecule is CC(C)NC(C)(CO)CCSCc1ccc(Cl)cc1. The first kappa shape index (κ1) is 16.8. The summed E-state index contributed by atoms with van der Waals surface area (Å²) in [5.74, 6) is 2.01. The Bertz CT molecular complexity index is 369. The second-order valence-electron chi connectivity index (χ2n) is 5.45. The van der Waals surface area contributed by atoms with Gasteiger partial charge in [-0.1, -0.05) is 37.6 Å². The van der Waals surface area contributed by atoms with E-state index in [9.17, 15) is 5.11 Å². The third kappa shape index (κ3) is 6.66. The molecule has 0 aliphatic rings. The minimum atomic E-state index is -0.179. The first-order chi connectivity index (χ1) is 8.95. The molecule has 0 radical (unpaired) electrons. The van der Waals surface area contributed by atoms with E-state index in [1.54, 1.807) is 0 Å². The van der Waals surface area contributed by atoms with Crippen LogP contribution in [0.2, 0.25) is 5.02 Å². The maximum absolute atomic E-state index is 9.49. The number of hydrogen-bond donors (Lipinski definition) is 2. The van der Waals surface area contributed by atoms with Gasteiger partial charge in [0.05, 0.1) is 6.61 Å². The number of aliphatic hydroxyl groups excluding tert-OH is 1. The zero-order chi connectivity index (χ0) is 14.3. The van der Waals surface area contributed by atoms with Crippen LogP contribution in [0.3, 0.4) is 0 Å². The van der Waals surface area contributed by atoms with Crippen LogP contribution >= 0.6 is 23.4 Å². The van der Waals surface area contributed by atoms with E-state index < -0.39 is 0 Å². The molecule has 4 heteroatoms. The zero-order valence-electron chi connectivity index (χ0n) is 11.9. The lowest BCUT2D eigenvalue weighted by atomic mass is 9.99. The van der Waals surface area contributed by atoms with E-state index in [0.717, 1.165) is 22.9 Å². The van der Waals surface area contributed by atoms with Crippen LogP contribution in [-0.4, -0.2) is 29.0 Å². The fourth-order valence-corrected chi connectivity index (χ4v) is 3.26. The van der Waals surface area contributed by atoms with Crippen molar-refractivity contribution in [1.29, 1.82) is 0 Å². The Labute approximate surface area is 125 Å². The molecule has 0 bridgehead atoms. The molecule has 1 aromatic carbocycles. The maximum Gasteiger partial charge on any atom is 0.0610 e. The molecule has 1 unspecified atom stereocenters. The van der Waals surface area contributed by atoms with Crippen molar-refractivity contribution in [3.8, 4) is 0 Å². The summed E-state index contributed by atoms with van der Waals surface area (Å²) >= 11 is 7.74. The number of thioether (sulfide) groups is 1. The van der Waals surface area contributed by atoms with Gasteiger partial charge < -0.3 is 10.4 Å². The molecule has 0 aromatic heterocycles. The molecule has 0 aliphatic carbocycles. The second-order valence-corrected chi connectivity index (χ2v) is 6.99. The summed E-state index contributed by atoms with van der Waals surface area (Å²) in [6.45, 7) is 6.46. The van der Waals surface area contributed by atoms with Crippen molar-refractivity contribution < 1.29 is 5.11 Å². The first-order valence-electron chi connectivity index (χ1n) is 6.66. The molecule has 2 N–H and O–H groups in total. The highest BCUT2D eigenvalue weighted by Crippen LogP contribution is 2.19. The van der Waals surface area contributed by atoms with E-state index >= 15 is 0 Å². The van der Waals surface area contributed by atoms with E-state index in [1.165, 1.54) is 5.56 Å². The Balaban J connectivity index is 2.31. The minimum Gasteiger partial charge on any atom is -0.394 e. The van der Waals surface area contributed by atoms with Crippen LogP contribution in [0.5, 0.6) is 0 Å². The van der Waals surface area contributed by atoms with Crippen molar-refractivity contribution in [2.45, 2.75) is 44.5 Å². The summed E-state index contributed by atoms with van der Waals surface area (Å²) in [5.41, 5.74) is 1.11. The van der Waals surface area contributed by atoms with Gasteiger partial charge in [-0.15, -0.1) is 0 Å². The van der Waals surface area contributed by atoms with Crippen LogP contribution < -0.4 is 5.32 Å². The summed E-state index contributed by atoms with van der Waals surface area (Å²) in [5, 5.41) is 13.7. The molecule has 0 fully saturated rings. The van der Waals surface area contributed by atoms with Crippen molar-refractivity contribution in [3.63, 3.8) is 0 Å². The highest BCUT2D eigenvalue weighted by molar-refractivity contribution is 7.98. The van der Waals surface area contributed by atoms with Crippen molar-refractivity contribution in [2.75, 3.05) is 12.4 Å². The Morgan fingerprint density at radius 2 is 1.95 bits per heavy atom. The predicted octanol–water partition coefficient (Wildman–Crippen LogP) is 3.71. The summed E-state index contributed by atoms with van der Waals surface area (Å²) in [6, 6.07) is 8.36. The van der Waals surface area contributed by atoms with Crippen LogP contribution in [0.1, 0.15) is 32.8 Å². The third-order valence-corrected chi connectivity index (χ3v) is 4.25. The lowest BCUT2D eigenvalue weighted by Gasteiger charge is -2.31. The Morgan fingerprint density at radius 3 is 2.47 bits per heavy atom. The average molecular weight is 302 g/mol. The zero-order valence-corrected chi connectivity index (χ0v) is 13.5. The number of benzene rings is 1. The van der Waals surface area contributed by atoms with Gasteiger partial charge in [0.25, 0.3) is 0 Å². The average Bonchev–Trinajstić information content (AvgIpc) is 2.36. The second kappa shape index (κ2) is 8.15. The van der Waals surface area contributed by atoms with Crippen molar-refractivity contribution in [2.24, 2.45) is 0 Å². The molecule has 1 aromatic rings. The van der Waals surface area contributed by atoms with Gasteiger partial charge in [-0.25, -0.2) is 0 Å². The Kier molecular flexibility index (Phi) is 7.22. The van der Waals surface area contributed by atoms with Crippen LogP contribution in [0.4, 0.5) is 0 Å². The Hall–Kier alpha value is -0.220. The van der Waals surface area contributed by atoms with Gasteiger partial charge in [0.1, 0.15) is 0 Å². The summed E-state index contributed by atoms with van der Waals surface area (Å²) in [6.07, 6.45) is 0.958. The molecule has 0 spiro atoms. The number of rotatable bonds is 8. The number of halogens is 1. The molecule has 1 atom stereocenters. The van der Waals surface area contributed by atoms with Gasteiger partial charge >= 0.3 is 0 Å². The molecule has 2 nitrogen and oxygen atoms in total. The van der Waals surface area contributed by atoms with Crippen molar-refractivity contribution in [3.05, 3.63) is 34.9 Å². The number of nitrogens with one attached hydrogen (secondary N) is 1. The molecule has 1 rings (SSSR count). The molecule has 0 aliphatic heterocycles. The summed E-state index contributed by atoms with van der Waals surface area (Å²) in [4.78, 5) is 0. The summed E-state index contributed by atoms with van der Waals surface area (Å²) < 4.78 is 0. The Morgan fingerprint density at radius 1 is 1.32 bits per heavy atom. The van der Waals surface area contributed by atoms with Crippen molar-refractivity contribution in [1.82, 2.24) is 5.32 Å². The summed E-state index contributed by atoms with van der Waals surface area (Å²) in [7, 11) is 0. The van der Waals surface area contributed by atoms with Crippen LogP contribution in [-0.2, 0) is 5.75 Å². The largest absolute Gasteiger partial charge is 0.394 e. The minimum absolute atomic E-state index is 0.173. The smallest absolute Gasteiger partial charge is 0.0610 e. The van der Waals surface area contributed by atoms with Gasteiger partial charge in [0.2, 0.25) is 0 Å². The predicted molar refractivity (Wildman–Crippen MR) is 86.0 cm³/mol. The normalized spacial score (nSPS) is 14.6. The van der Waals surface area contributed by atoms with Crippen molar-refractivity contribution >= 4 is 23.4 Å². The highest BCUT2D eigenvalue weighted by atomic mass is 35.5. The van der Waals surface area contributed by atoms with Crippen LogP contribution in [0.25, 0.3) is 0 Å². The van der Waals surface area contributed by atoms with Gasteiger partial charge in [-0.05, 0) is 36.8 Å². The fraction of sp³-hybridized carbons (Fsp3) is 0.600. The number of hydrogen-bond acceptors (Lipinski definition) is 3. The standard InChI is InChI=1S/C15H24ClNOS/c1-12(2)17-15(3,11-18)8-9-19-10-13-4-6-14(16)7-5-13/h4-7,12,17-18H,8-11H2,1-3H3. The van der Waals surface area contributed by atoms with Gasteiger partial charge in [0, 0.05) is 22.4 Å². The highest BCUT2D eigenvalue weighted by Gasteiger charge is 2.23. The van der Waals surface area contributed by atoms with E-state index in [2.05, 4.69) is 38.2 Å². The van der Waals surface area contributed by atoms with Gasteiger partial charge in [0.15, 0.2) is 0 Å². The van der Waals surface area contributed by atoms with E-state index in [0.29, 0.717) is 6.04 Å². The monoisotopic (exact) mass is 301 g/mol. The molecule has 0 amide bonds. The van der Waals surface area contributed by atoms with Crippen LogP contribution in [0.15, 0.2) is 24.3 Å². The molecule has 0 heterocycles. The lowest BCUT2D eigenvalue weighted by molar-refractivity contribution is 0.162.